The lowest BCUT2D eigenvalue weighted by Crippen LogP contribution is -2.53. The minimum Gasteiger partial charge on any atom is -0.480 e. The molecule has 0 saturated heterocycles. The summed E-state index contributed by atoms with van der Waals surface area (Å²) in [5.74, 6) is -4.19. The van der Waals surface area contributed by atoms with E-state index in [1.54, 1.807) is 31.3 Å². The lowest BCUT2D eigenvalue weighted by molar-refractivity contribution is -0.145. The first-order valence-electron chi connectivity index (χ1n) is 16.1. The topological polar surface area (TPSA) is 237 Å². The highest BCUT2D eigenvalue weighted by Crippen LogP contribution is 2.11. The maximum absolute atomic E-state index is 12.6. The van der Waals surface area contributed by atoms with Gasteiger partial charge in [-0.25, -0.2) is 4.79 Å². The number of hydrogen-bond acceptors (Lipinski definition) is 9. The third-order valence-corrected chi connectivity index (χ3v) is 7.18. The normalized spacial score (nSPS) is 13.7. The van der Waals surface area contributed by atoms with Crippen LogP contribution in [0, 0.1) is 5.92 Å². The Labute approximate surface area is 292 Å². The van der Waals surface area contributed by atoms with E-state index in [0.717, 1.165) is 11.1 Å². The number of carboxylic acids is 1. The molecule has 0 aliphatic heterocycles. The van der Waals surface area contributed by atoms with Crippen LogP contribution in [0.25, 0.3) is 0 Å². The monoisotopic (exact) mass is 698 g/mol. The predicted molar refractivity (Wildman–Crippen MR) is 185 cm³/mol. The summed E-state index contributed by atoms with van der Waals surface area (Å²) in [6.07, 6.45) is -0.521. The number of nitrogens with one attached hydrogen (secondary N) is 4. The molecule has 0 spiro atoms. The van der Waals surface area contributed by atoms with E-state index in [9.17, 15) is 38.7 Å². The van der Waals surface area contributed by atoms with Crippen molar-refractivity contribution < 1.29 is 43.8 Å². The minimum atomic E-state index is -1.42. The van der Waals surface area contributed by atoms with Crippen molar-refractivity contribution in [3.8, 4) is 0 Å². The number of nitrogens with zero attached hydrogens (tertiary/aromatic N) is 1. The highest BCUT2D eigenvalue weighted by Gasteiger charge is 2.29. The number of nitrogens with two attached hydrogens (primary N) is 1. The number of carboxylic acid groups (broad SMARTS) is 1. The molecule has 0 bridgehead atoms. The van der Waals surface area contributed by atoms with Gasteiger partial charge in [-0.1, -0.05) is 74.5 Å². The largest absolute Gasteiger partial charge is 0.480 e. The summed E-state index contributed by atoms with van der Waals surface area (Å²) in [7, 11) is 1.60. The van der Waals surface area contributed by atoms with Crippen LogP contribution in [-0.4, -0.2) is 100 Å². The smallest absolute Gasteiger partial charge is 0.328 e. The first kappa shape index (κ1) is 42.9. The van der Waals surface area contributed by atoms with E-state index in [2.05, 4.69) is 21.3 Å². The van der Waals surface area contributed by atoms with Crippen molar-refractivity contribution in [3.05, 3.63) is 71.8 Å². The van der Waals surface area contributed by atoms with E-state index < -0.39 is 59.9 Å². The molecule has 15 heteroatoms. The Morgan fingerprint density at radius 3 is 1.52 bits per heavy atom. The molecule has 0 aromatic heterocycles. The Morgan fingerprint density at radius 1 is 0.700 bits per heavy atom. The number of aliphatic carboxylic acids is 1. The summed E-state index contributed by atoms with van der Waals surface area (Å²) in [5.41, 5.74) is 6.84. The number of aliphatic hydroxyl groups excluding tert-OH is 1. The Balaban J connectivity index is 0.000000515. The third kappa shape index (κ3) is 16.8. The highest BCUT2D eigenvalue weighted by atomic mass is 16.4. The van der Waals surface area contributed by atoms with Crippen molar-refractivity contribution in [2.45, 2.75) is 84.2 Å². The molecule has 6 amide bonds. The number of imide groups is 1. The molecule has 0 unspecified atom stereocenters. The molecule has 0 heterocycles. The molecule has 0 fully saturated rings. The van der Waals surface area contributed by atoms with Gasteiger partial charge < -0.3 is 31.9 Å². The fourth-order valence-electron chi connectivity index (χ4n) is 4.55. The number of likely N-dealkylation sites (N-methyl/N-ethyl adjacent to an activating group) is 1. The molecular formula is C35H50N6O9. The molecule has 2 aromatic rings. The molecule has 0 radical (unpaired) electrons. The number of carbonyl (C=O) groups excluding carboxylic acids is 6. The fraction of sp³-hybridized carbons (Fsp3) is 0.457. The number of rotatable bonds is 17. The first-order valence-corrected chi connectivity index (χ1v) is 16.1. The van der Waals surface area contributed by atoms with Crippen LogP contribution in [0.1, 0.15) is 52.2 Å². The van der Waals surface area contributed by atoms with Crippen molar-refractivity contribution >= 4 is 41.4 Å². The number of primary amides is 1. The number of benzene rings is 2. The summed E-state index contributed by atoms with van der Waals surface area (Å²) in [6, 6.07) is 14.3. The van der Waals surface area contributed by atoms with E-state index in [1.165, 1.54) is 25.7 Å². The molecule has 8 N–H and O–H groups in total. The lowest BCUT2D eigenvalue weighted by Gasteiger charge is -2.27. The molecular weight excluding hydrogens is 648 g/mol. The number of carbonyl (C=O) groups is 7. The summed E-state index contributed by atoms with van der Waals surface area (Å²) in [6.45, 7) is 7.99. The average Bonchev–Trinajstić information content (AvgIpc) is 3.02. The van der Waals surface area contributed by atoms with Crippen LogP contribution in [0.4, 0.5) is 0 Å². The third-order valence-electron chi connectivity index (χ3n) is 7.18. The van der Waals surface area contributed by atoms with E-state index in [4.69, 9.17) is 10.8 Å². The van der Waals surface area contributed by atoms with E-state index in [1.807, 2.05) is 50.2 Å². The summed E-state index contributed by atoms with van der Waals surface area (Å²) >= 11 is 0. The van der Waals surface area contributed by atoms with Gasteiger partial charge in [-0.15, -0.1) is 0 Å². The molecule has 2 rings (SSSR count). The molecule has 274 valence electrons. The summed E-state index contributed by atoms with van der Waals surface area (Å²) < 4.78 is 0. The summed E-state index contributed by atoms with van der Waals surface area (Å²) in [5, 5.41) is 27.8. The van der Waals surface area contributed by atoms with Gasteiger partial charge in [0.15, 0.2) is 6.04 Å². The van der Waals surface area contributed by atoms with Gasteiger partial charge in [-0.2, -0.15) is 0 Å². The number of amides is 6. The molecule has 15 nitrogen and oxygen atoms in total. The van der Waals surface area contributed by atoms with Crippen LogP contribution in [0.5, 0.6) is 0 Å². The van der Waals surface area contributed by atoms with E-state index in [0.29, 0.717) is 6.42 Å². The Bertz CT molecular complexity index is 1440. The second-order valence-corrected chi connectivity index (χ2v) is 12.3. The van der Waals surface area contributed by atoms with Crippen LogP contribution in [0.3, 0.4) is 0 Å². The maximum atomic E-state index is 12.6. The molecule has 5 atom stereocenters. The van der Waals surface area contributed by atoms with Gasteiger partial charge in [0.25, 0.3) is 0 Å². The summed E-state index contributed by atoms with van der Waals surface area (Å²) in [4.78, 5) is 84.2. The zero-order valence-electron chi connectivity index (χ0n) is 29.3. The van der Waals surface area contributed by atoms with Crippen LogP contribution in [-0.2, 0) is 46.4 Å². The van der Waals surface area contributed by atoms with Gasteiger partial charge in [-0.3, -0.25) is 39.0 Å². The minimum absolute atomic E-state index is 0.0949. The highest BCUT2D eigenvalue weighted by molar-refractivity contribution is 6.01. The van der Waals surface area contributed by atoms with Gasteiger partial charge in [0.1, 0.15) is 12.1 Å². The van der Waals surface area contributed by atoms with Crippen molar-refractivity contribution in [1.29, 1.82) is 0 Å². The van der Waals surface area contributed by atoms with Crippen molar-refractivity contribution in [1.82, 2.24) is 26.2 Å². The lowest BCUT2D eigenvalue weighted by atomic mass is 10.0. The quantitative estimate of drug-likeness (QED) is 0.116. The Morgan fingerprint density at radius 2 is 1.14 bits per heavy atom. The van der Waals surface area contributed by atoms with E-state index in [-0.39, 0.29) is 37.1 Å². The Hall–Kier alpha value is -5.15. The molecule has 0 aliphatic carbocycles. The number of aliphatic hydroxyl groups is 1. The van der Waals surface area contributed by atoms with Crippen molar-refractivity contribution in [3.63, 3.8) is 0 Å². The molecule has 0 aliphatic rings. The van der Waals surface area contributed by atoms with Crippen LogP contribution in [0.2, 0.25) is 0 Å². The molecule has 0 saturated carbocycles. The van der Waals surface area contributed by atoms with Crippen molar-refractivity contribution in [2.24, 2.45) is 11.7 Å². The van der Waals surface area contributed by atoms with Gasteiger partial charge >= 0.3 is 5.97 Å². The standard InChI is InChI=1S/C20H30N4O4.C15H20N2O5/c1-13(2)10-16(24(4)12-17(21)25)20(28)23-19(27)14(3)22-18(26)11-15-8-6-5-7-9-15;1-9(14(20)17-13(10(2)18)15(21)22)16-12(19)8-11-6-4-3-5-7-11/h5-9,13-14,16H,10-12H2,1-4H3,(H2,21,25)(H,22,26)(H,23,27,28);3-7,9-10,13,18H,8H2,1-2H3,(H,16,19)(H,17,20)(H,21,22)/t14-,16-;9-,10+,13-/m00/s1. The maximum Gasteiger partial charge on any atom is 0.328 e. The number of hydrogen-bond donors (Lipinski definition) is 7. The van der Waals surface area contributed by atoms with Crippen LogP contribution >= 0.6 is 0 Å². The van der Waals surface area contributed by atoms with E-state index >= 15 is 0 Å². The zero-order chi connectivity index (χ0) is 38.0. The first-order chi connectivity index (χ1) is 23.4. The average molecular weight is 699 g/mol. The molecule has 2 aromatic carbocycles. The van der Waals surface area contributed by atoms with Gasteiger partial charge in [0.2, 0.25) is 35.4 Å². The Kier molecular flexibility index (Phi) is 18.6. The fourth-order valence-corrected chi connectivity index (χ4v) is 4.55. The predicted octanol–water partition coefficient (Wildman–Crippen LogP) is -0.108. The van der Waals surface area contributed by atoms with Gasteiger partial charge in [-0.05, 0) is 51.3 Å². The second kappa shape index (κ2) is 21.7. The van der Waals surface area contributed by atoms with Gasteiger partial charge in [0.05, 0.1) is 31.5 Å². The SMILES string of the molecule is CC(C)C[C@@H](C(=O)NC(=O)[C@H](C)NC(=O)Cc1ccccc1)N(C)CC(N)=O.C[C@H](NC(=O)Cc1ccccc1)C(=O)N[C@H](C(=O)O)[C@@H](C)O. The molecule has 50 heavy (non-hydrogen) atoms. The van der Waals surface area contributed by atoms with Crippen LogP contribution < -0.4 is 27.0 Å². The second-order valence-electron chi connectivity index (χ2n) is 12.3. The zero-order valence-corrected chi connectivity index (χ0v) is 29.3. The van der Waals surface area contributed by atoms with Gasteiger partial charge in [0, 0.05) is 0 Å². The van der Waals surface area contributed by atoms with Crippen LogP contribution in [0.15, 0.2) is 60.7 Å². The van der Waals surface area contributed by atoms with Crippen molar-refractivity contribution in [2.75, 3.05) is 13.6 Å².